The number of nitrogens with zero attached hydrogens (tertiary/aromatic N) is 4. The number of aliphatic hydroxyl groups excluding tert-OH is 1. The van der Waals surface area contributed by atoms with E-state index in [1.54, 1.807) is 17.1 Å². The van der Waals surface area contributed by atoms with Crippen LogP contribution in [0, 0.1) is 0 Å². The van der Waals surface area contributed by atoms with Crippen molar-refractivity contribution < 1.29 is 9.84 Å². The Hall–Kier alpha value is -1.95. The van der Waals surface area contributed by atoms with Gasteiger partial charge in [0.15, 0.2) is 5.75 Å². The summed E-state index contributed by atoms with van der Waals surface area (Å²) in [6.45, 7) is 2.78. The molecule has 2 rings (SSSR count). The summed E-state index contributed by atoms with van der Waals surface area (Å²) in [7, 11) is 0. The van der Waals surface area contributed by atoms with Gasteiger partial charge in [-0.15, -0.1) is 0 Å². The Morgan fingerprint density at radius 2 is 2.24 bits per heavy atom. The molecule has 0 aliphatic rings. The fourth-order valence-electron chi connectivity index (χ4n) is 1.38. The maximum absolute atomic E-state index is 8.93. The van der Waals surface area contributed by atoms with Crippen LogP contribution in [0.15, 0.2) is 24.8 Å². The summed E-state index contributed by atoms with van der Waals surface area (Å²) >= 11 is 0. The fraction of sp³-hybridized carbons (Fsp3) is 0.364. The summed E-state index contributed by atoms with van der Waals surface area (Å²) in [4.78, 5) is 7.99. The molecule has 0 atom stereocenters. The Bertz CT molecular complexity index is 484. The van der Waals surface area contributed by atoms with E-state index in [2.05, 4.69) is 22.0 Å². The number of aromatic nitrogens is 4. The number of hydrogen-bond acceptors (Lipinski definition) is 5. The predicted molar refractivity (Wildman–Crippen MR) is 60.5 cm³/mol. The van der Waals surface area contributed by atoms with Crippen LogP contribution >= 0.6 is 0 Å². The fourth-order valence-corrected chi connectivity index (χ4v) is 1.38. The first kappa shape index (κ1) is 11.5. The lowest BCUT2D eigenvalue weighted by Crippen LogP contribution is -1.96. The highest BCUT2D eigenvalue weighted by molar-refractivity contribution is 5.20. The zero-order valence-corrected chi connectivity index (χ0v) is 9.58. The van der Waals surface area contributed by atoms with Gasteiger partial charge in [-0.3, -0.25) is 9.67 Å². The van der Waals surface area contributed by atoms with Crippen molar-refractivity contribution in [2.75, 3.05) is 0 Å². The third kappa shape index (κ3) is 3.01. The van der Waals surface area contributed by atoms with Gasteiger partial charge in [-0.25, -0.2) is 4.98 Å². The summed E-state index contributed by atoms with van der Waals surface area (Å²) in [6, 6.07) is 0. The Morgan fingerprint density at radius 1 is 1.35 bits per heavy atom. The van der Waals surface area contributed by atoms with E-state index in [1.807, 2.05) is 0 Å². The lowest BCUT2D eigenvalue weighted by atomic mass is 10.5. The standard InChI is InChI=1S/C11H14N4O2/c1-2-3-15-7-10(5-13-15)17-11-6-12-4-9(8-16)14-11/h4-7,16H,2-3,8H2,1H3. The van der Waals surface area contributed by atoms with E-state index in [0.717, 1.165) is 13.0 Å². The van der Waals surface area contributed by atoms with E-state index < -0.39 is 0 Å². The van der Waals surface area contributed by atoms with Crippen LogP contribution in [0.4, 0.5) is 0 Å². The van der Waals surface area contributed by atoms with Gasteiger partial charge in [-0.2, -0.15) is 5.10 Å². The lowest BCUT2D eigenvalue weighted by Gasteiger charge is -2.02. The molecule has 0 aliphatic carbocycles. The average Bonchev–Trinajstić information content (AvgIpc) is 2.77. The minimum atomic E-state index is -0.153. The Kier molecular flexibility index (Phi) is 3.66. The first-order valence-corrected chi connectivity index (χ1v) is 5.44. The number of rotatable bonds is 5. The molecule has 0 spiro atoms. The molecule has 17 heavy (non-hydrogen) atoms. The van der Waals surface area contributed by atoms with Crippen LogP contribution in [0.2, 0.25) is 0 Å². The maximum atomic E-state index is 8.93. The van der Waals surface area contributed by atoms with Gasteiger partial charge in [0, 0.05) is 6.54 Å². The van der Waals surface area contributed by atoms with Crippen molar-refractivity contribution in [2.24, 2.45) is 0 Å². The molecule has 1 N–H and O–H groups in total. The number of aryl methyl sites for hydroxylation is 1. The van der Waals surface area contributed by atoms with Gasteiger partial charge in [0.05, 0.1) is 37.1 Å². The molecule has 2 heterocycles. The minimum Gasteiger partial charge on any atom is -0.434 e. The molecule has 0 bridgehead atoms. The highest BCUT2D eigenvalue weighted by Gasteiger charge is 2.03. The van der Waals surface area contributed by atoms with Gasteiger partial charge in [-0.05, 0) is 6.42 Å². The first-order valence-electron chi connectivity index (χ1n) is 5.44. The summed E-state index contributed by atoms with van der Waals surface area (Å²) in [6.07, 6.45) is 7.43. The molecule has 6 heteroatoms. The normalized spacial score (nSPS) is 10.5. The van der Waals surface area contributed by atoms with Gasteiger partial charge in [-0.1, -0.05) is 6.92 Å². The zero-order valence-electron chi connectivity index (χ0n) is 9.58. The third-order valence-electron chi connectivity index (χ3n) is 2.11. The van der Waals surface area contributed by atoms with Crippen LogP contribution in [0.25, 0.3) is 0 Å². The van der Waals surface area contributed by atoms with E-state index in [4.69, 9.17) is 9.84 Å². The highest BCUT2D eigenvalue weighted by Crippen LogP contribution is 2.17. The second-order valence-corrected chi connectivity index (χ2v) is 3.55. The molecule has 6 nitrogen and oxygen atoms in total. The second-order valence-electron chi connectivity index (χ2n) is 3.55. The second kappa shape index (κ2) is 5.40. The van der Waals surface area contributed by atoms with Crippen molar-refractivity contribution in [2.45, 2.75) is 26.5 Å². The molecule has 2 aromatic rings. The Morgan fingerprint density at radius 3 is 3.00 bits per heavy atom. The van der Waals surface area contributed by atoms with E-state index in [9.17, 15) is 0 Å². The Balaban J connectivity index is 2.08. The Labute approximate surface area is 98.9 Å². The van der Waals surface area contributed by atoms with Gasteiger partial charge in [0.1, 0.15) is 0 Å². The molecule has 0 fully saturated rings. The van der Waals surface area contributed by atoms with Gasteiger partial charge >= 0.3 is 0 Å². The average molecular weight is 234 g/mol. The maximum Gasteiger partial charge on any atom is 0.238 e. The van der Waals surface area contributed by atoms with Crippen molar-refractivity contribution in [1.29, 1.82) is 0 Å². The van der Waals surface area contributed by atoms with Crippen LogP contribution < -0.4 is 4.74 Å². The third-order valence-corrected chi connectivity index (χ3v) is 2.11. The van der Waals surface area contributed by atoms with Crippen LogP contribution in [-0.4, -0.2) is 24.9 Å². The van der Waals surface area contributed by atoms with Crippen LogP contribution in [0.3, 0.4) is 0 Å². The molecular formula is C11H14N4O2. The first-order chi connectivity index (χ1) is 8.31. The monoisotopic (exact) mass is 234 g/mol. The molecule has 0 saturated heterocycles. The number of aliphatic hydroxyl groups is 1. The van der Waals surface area contributed by atoms with Gasteiger partial charge in [0.25, 0.3) is 0 Å². The summed E-state index contributed by atoms with van der Waals surface area (Å²) in [5, 5.41) is 13.1. The van der Waals surface area contributed by atoms with Crippen LogP contribution in [-0.2, 0) is 13.2 Å². The van der Waals surface area contributed by atoms with Gasteiger partial charge in [0.2, 0.25) is 5.88 Å². The number of hydrogen-bond donors (Lipinski definition) is 1. The summed E-state index contributed by atoms with van der Waals surface area (Å²) in [5.41, 5.74) is 0.475. The summed E-state index contributed by atoms with van der Waals surface area (Å²) in [5.74, 6) is 0.968. The molecule has 0 aromatic carbocycles. The predicted octanol–water partition coefficient (Wildman–Crippen LogP) is 1.37. The molecule has 0 unspecified atom stereocenters. The van der Waals surface area contributed by atoms with E-state index >= 15 is 0 Å². The van der Waals surface area contributed by atoms with Gasteiger partial charge < -0.3 is 9.84 Å². The molecule has 0 amide bonds. The van der Waals surface area contributed by atoms with Crippen molar-refractivity contribution in [1.82, 2.24) is 19.7 Å². The van der Waals surface area contributed by atoms with E-state index in [-0.39, 0.29) is 6.61 Å². The molecule has 0 saturated carbocycles. The van der Waals surface area contributed by atoms with Crippen LogP contribution in [0.1, 0.15) is 19.0 Å². The van der Waals surface area contributed by atoms with Crippen molar-refractivity contribution >= 4 is 0 Å². The van der Waals surface area contributed by atoms with Crippen LogP contribution in [0.5, 0.6) is 11.6 Å². The molecule has 2 aromatic heterocycles. The topological polar surface area (TPSA) is 73.1 Å². The SMILES string of the molecule is CCCn1cc(Oc2cncc(CO)n2)cn1. The highest BCUT2D eigenvalue weighted by atomic mass is 16.5. The molecule has 90 valence electrons. The smallest absolute Gasteiger partial charge is 0.238 e. The van der Waals surface area contributed by atoms with Crippen molar-refractivity contribution in [3.8, 4) is 11.6 Å². The lowest BCUT2D eigenvalue weighted by molar-refractivity contribution is 0.274. The minimum absolute atomic E-state index is 0.153. The van der Waals surface area contributed by atoms with E-state index in [1.165, 1.54) is 12.4 Å². The van der Waals surface area contributed by atoms with Crippen molar-refractivity contribution in [3.05, 3.63) is 30.5 Å². The number of ether oxygens (including phenoxy) is 1. The molecule has 0 aliphatic heterocycles. The van der Waals surface area contributed by atoms with E-state index in [0.29, 0.717) is 17.3 Å². The summed E-state index contributed by atoms with van der Waals surface area (Å²) < 4.78 is 7.28. The zero-order chi connectivity index (χ0) is 12.1. The molecular weight excluding hydrogens is 220 g/mol. The largest absolute Gasteiger partial charge is 0.434 e. The molecule has 0 radical (unpaired) electrons. The quantitative estimate of drug-likeness (QED) is 0.845. The van der Waals surface area contributed by atoms with Crippen molar-refractivity contribution in [3.63, 3.8) is 0 Å².